The van der Waals surface area contributed by atoms with Crippen LogP contribution in [0.25, 0.3) is 22.6 Å². The van der Waals surface area contributed by atoms with Crippen molar-refractivity contribution < 1.29 is 14.3 Å². The quantitative estimate of drug-likeness (QED) is 0.496. The van der Waals surface area contributed by atoms with Gasteiger partial charge in [-0.25, -0.2) is 14.8 Å². The number of piperidine rings is 1. The molecule has 0 aromatic carbocycles. The molecule has 1 spiro atoms. The molecule has 1 saturated heterocycles. The summed E-state index contributed by atoms with van der Waals surface area (Å²) in [5.41, 5.74) is 3.05. The van der Waals surface area contributed by atoms with E-state index in [0.717, 1.165) is 35.7 Å². The molecule has 160 valence electrons. The molecule has 0 aliphatic carbocycles. The van der Waals surface area contributed by atoms with Gasteiger partial charge in [-0.05, 0) is 30.3 Å². The molecule has 9 nitrogen and oxygen atoms in total. The van der Waals surface area contributed by atoms with Crippen LogP contribution in [0, 0.1) is 0 Å². The van der Waals surface area contributed by atoms with E-state index >= 15 is 0 Å². The van der Waals surface area contributed by atoms with Gasteiger partial charge in [-0.1, -0.05) is 0 Å². The van der Waals surface area contributed by atoms with Crippen LogP contribution in [0.1, 0.15) is 28.9 Å². The largest absolute Gasteiger partial charge is 0.481 e. The first-order valence-corrected chi connectivity index (χ1v) is 10.5. The minimum Gasteiger partial charge on any atom is -0.481 e. The van der Waals surface area contributed by atoms with Crippen molar-refractivity contribution in [2.24, 2.45) is 0 Å². The number of esters is 1. The summed E-state index contributed by atoms with van der Waals surface area (Å²) in [6.07, 6.45) is 4.90. The number of hydrogen-bond acceptors (Lipinski definition) is 8. The number of pyridine rings is 3. The third-order valence-corrected chi connectivity index (χ3v) is 6.19. The van der Waals surface area contributed by atoms with Gasteiger partial charge >= 0.3 is 5.97 Å². The number of imidazole rings is 1. The monoisotopic (exact) mass is 428 g/mol. The van der Waals surface area contributed by atoms with Crippen LogP contribution >= 0.6 is 0 Å². The van der Waals surface area contributed by atoms with Gasteiger partial charge in [-0.2, -0.15) is 4.98 Å². The van der Waals surface area contributed by atoms with Gasteiger partial charge in [0.05, 0.1) is 18.4 Å². The number of nitrogens with one attached hydrogen (secondary N) is 1. The van der Waals surface area contributed by atoms with Gasteiger partial charge in [0.25, 0.3) is 0 Å². The lowest BCUT2D eigenvalue weighted by atomic mass is 9.87. The van der Waals surface area contributed by atoms with Crippen molar-refractivity contribution in [3.8, 4) is 17.3 Å². The molecule has 2 aliphatic rings. The van der Waals surface area contributed by atoms with Crippen LogP contribution in [-0.2, 0) is 10.3 Å². The van der Waals surface area contributed by atoms with E-state index in [2.05, 4.69) is 29.8 Å². The summed E-state index contributed by atoms with van der Waals surface area (Å²) in [4.78, 5) is 35.8. The van der Waals surface area contributed by atoms with Crippen LogP contribution in [0.5, 0.6) is 5.88 Å². The number of aromatic nitrogens is 5. The minimum absolute atomic E-state index is 0.276. The lowest BCUT2D eigenvalue weighted by molar-refractivity contribution is -0.0229. The average Bonchev–Trinajstić information content (AvgIpc) is 3.39. The number of hydrogen-bond donors (Lipinski definition) is 1. The molecular formula is C23H20N6O3. The summed E-state index contributed by atoms with van der Waals surface area (Å²) in [5, 5.41) is 0. The SMILES string of the molecule is COc1ccc2nc(-c3ccc(N4CCC5(CC4)OC(=O)c4cccnc45)nc3)[nH]c2n1. The van der Waals surface area contributed by atoms with Gasteiger partial charge in [-0.3, -0.25) is 4.98 Å². The van der Waals surface area contributed by atoms with Crippen LogP contribution in [-0.4, -0.2) is 51.1 Å². The van der Waals surface area contributed by atoms with Crippen LogP contribution in [0.4, 0.5) is 5.82 Å². The highest BCUT2D eigenvalue weighted by atomic mass is 16.6. The normalized spacial score (nSPS) is 16.9. The molecule has 0 bridgehead atoms. The smallest absolute Gasteiger partial charge is 0.341 e. The second-order valence-electron chi connectivity index (χ2n) is 7.98. The second-order valence-corrected chi connectivity index (χ2v) is 7.98. The Morgan fingerprint density at radius 1 is 1.09 bits per heavy atom. The molecule has 32 heavy (non-hydrogen) atoms. The van der Waals surface area contributed by atoms with Gasteiger partial charge < -0.3 is 19.4 Å². The average molecular weight is 428 g/mol. The molecule has 1 fully saturated rings. The number of methoxy groups -OCH3 is 1. The third kappa shape index (κ3) is 2.89. The Bertz CT molecular complexity index is 1330. The zero-order valence-electron chi connectivity index (χ0n) is 17.4. The van der Waals surface area contributed by atoms with Crippen molar-refractivity contribution >= 4 is 23.0 Å². The van der Waals surface area contributed by atoms with Gasteiger partial charge in [0.15, 0.2) is 11.2 Å². The van der Waals surface area contributed by atoms with Crippen molar-refractivity contribution in [2.45, 2.75) is 18.4 Å². The molecule has 4 aromatic rings. The van der Waals surface area contributed by atoms with Crippen LogP contribution in [0.2, 0.25) is 0 Å². The lowest BCUT2D eigenvalue weighted by Gasteiger charge is -2.38. The Kier molecular flexibility index (Phi) is 4.11. The molecule has 6 rings (SSSR count). The highest BCUT2D eigenvalue weighted by Gasteiger charge is 2.48. The Morgan fingerprint density at radius 3 is 2.75 bits per heavy atom. The number of carbonyl (C=O) groups excluding carboxylic acids is 1. The second kappa shape index (κ2) is 7.01. The summed E-state index contributed by atoms with van der Waals surface area (Å²) in [5.74, 6) is 1.85. The number of fused-ring (bicyclic) bond motifs is 3. The van der Waals surface area contributed by atoms with Gasteiger partial charge in [0.2, 0.25) is 5.88 Å². The zero-order chi connectivity index (χ0) is 21.7. The highest BCUT2D eigenvalue weighted by molar-refractivity contribution is 5.94. The summed E-state index contributed by atoms with van der Waals surface area (Å²) in [7, 11) is 1.59. The van der Waals surface area contributed by atoms with Crippen molar-refractivity contribution in [1.82, 2.24) is 24.9 Å². The molecule has 9 heteroatoms. The first-order valence-electron chi connectivity index (χ1n) is 10.5. The molecule has 1 N–H and O–H groups in total. The topological polar surface area (TPSA) is 106 Å². The fraction of sp³-hybridized carbons (Fsp3) is 0.261. The van der Waals surface area contributed by atoms with E-state index in [1.807, 2.05) is 18.2 Å². The van der Waals surface area contributed by atoms with E-state index in [4.69, 9.17) is 9.47 Å². The number of anilines is 1. The van der Waals surface area contributed by atoms with E-state index in [1.165, 1.54) is 0 Å². The number of carbonyl (C=O) groups is 1. The molecule has 4 aromatic heterocycles. The maximum absolute atomic E-state index is 12.3. The van der Waals surface area contributed by atoms with Crippen molar-refractivity contribution in [2.75, 3.05) is 25.1 Å². The minimum atomic E-state index is -0.619. The van der Waals surface area contributed by atoms with E-state index in [9.17, 15) is 4.79 Å². The predicted molar refractivity (Wildman–Crippen MR) is 116 cm³/mol. The van der Waals surface area contributed by atoms with Gasteiger partial charge in [-0.15, -0.1) is 0 Å². The van der Waals surface area contributed by atoms with Crippen molar-refractivity contribution in [3.63, 3.8) is 0 Å². The first kappa shape index (κ1) is 18.7. The molecule has 0 amide bonds. The van der Waals surface area contributed by atoms with Crippen molar-refractivity contribution in [3.05, 3.63) is 60.0 Å². The molecular weight excluding hydrogens is 408 g/mol. The Morgan fingerprint density at radius 2 is 1.97 bits per heavy atom. The lowest BCUT2D eigenvalue weighted by Crippen LogP contribution is -2.43. The number of nitrogens with zero attached hydrogens (tertiary/aromatic N) is 5. The standard InChI is InChI=1S/C23H20N6O3/c1-31-18-7-5-16-21(27-18)28-20(26-16)14-4-6-17(25-13-14)29-11-8-23(9-12-29)19-15(22(30)32-23)3-2-10-24-19/h2-7,10,13H,8-9,11-12H2,1H3,(H,26,27,28). The maximum Gasteiger partial charge on any atom is 0.341 e. The Hall–Kier alpha value is -4.01. The maximum atomic E-state index is 12.3. The predicted octanol–water partition coefficient (Wildman–Crippen LogP) is 3.09. The number of aromatic amines is 1. The van der Waals surface area contributed by atoms with Crippen LogP contribution in [0.3, 0.4) is 0 Å². The van der Waals surface area contributed by atoms with E-state index in [1.54, 1.807) is 37.7 Å². The number of rotatable bonds is 3. The molecule has 0 radical (unpaired) electrons. The number of H-pyrrole nitrogens is 1. The summed E-state index contributed by atoms with van der Waals surface area (Å²) >= 11 is 0. The molecule has 0 saturated carbocycles. The van der Waals surface area contributed by atoms with Crippen molar-refractivity contribution in [1.29, 1.82) is 0 Å². The fourth-order valence-electron chi connectivity index (χ4n) is 4.49. The van der Waals surface area contributed by atoms with E-state index < -0.39 is 5.60 Å². The van der Waals surface area contributed by atoms with Crippen LogP contribution < -0.4 is 9.64 Å². The third-order valence-electron chi connectivity index (χ3n) is 6.19. The molecule has 2 aliphatic heterocycles. The zero-order valence-corrected chi connectivity index (χ0v) is 17.4. The van der Waals surface area contributed by atoms with Gasteiger partial charge in [0.1, 0.15) is 17.2 Å². The molecule has 0 atom stereocenters. The number of ether oxygens (including phenoxy) is 2. The molecule has 0 unspecified atom stereocenters. The van der Waals surface area contributed by atoms with Crippen LogP contribution in [0.15, 0.2) is 48.8 Å². The Labute approximate surface area is 183 Å². The summed E-state index contributed by atoms with van der Waals surface area (Å²) < 4.78 is 11.0. The molecule has 6 heterocycles. The van der Waals surface area contributed by atoms with E-state index in [-0.39, 0.29) is 5.97 Å². The van der Waals surface area contributed by atoms with Gasteiger partial charge in [0, 0.05) is 50.0 Å². The fourth-order valence-corrected chi connectivity index (χ4v) is 4.49. The highest BCUT2D eigenvalue weighted by Crippen LogP contribution is 2.43. The van der Waals surface area contributed by atoms with E-state index in [0.29, 0.717) is 35.8 Å². The summed E-state index contributed by atoms with van der Waals surface area (Å²) in [6, 6.07) is 11.2. The first-order chi connectivity index (χ1) is 15.6. The summed E-state index contributed by atoms with van der Waals surface area (Å²) in [6.45, 7) is 1.45. The Balaban J connectivity index is 1.20.